The Kier molecular flexibility index (Phi) is 34.4. The molecule has 0 aromatic carbocycles. The maximum absolute atomic E-state index is 12.5. The minimum atomic E-state index is -4.25. The number of rotatable bonds is 37. The highest BCUT2D eigenvalue weighted by atomic mass is 31.2. The maximum atomic E-state index is 12.5. The summed E-state index contributed by atoms with van der Waals surface area (Å²) in [5, 5.41) is 0. The molecule has 0 aliphatic heterocycles. The molecular weight excluding hydrogens is 589 g/mol. The SMILES string of the molecule is CCCCCCCCCCCCCCCCCCCCCC(=O)OC(COCCCCCCCCC)COP(=O)(O)OCCN. The number of hydrogen-bond acceptors (Lipinski definition) is 7. The lowest BCUT2D eigenvalue weighted by atomic mass is 10.0. The van der Waals surface area contributed by atoms with Gasteiger partial charge >= 0.3 is 13.8 Å². The molecule has 0 spiro atoms. The number of ether oxygens (including phenoxy) is 2. The summed E-state index contributed by atoms with van der Waals surface area (Å²) in [7, 11) is -4.25. The van der Waals surface area contributed by atoms with Gasteiger partial charge in [0.15, 0.2) is 0 Å². The number of nitrogens with two attached hydrogens (primary N) is 1. The smallest absolute Gasteiger partial charge is 0.457 e. The average Bonchev–Trinajstić information content (AvgIpc) is 3.02. The molecule has 8 nitrogen and oxygen atoms in total. The third-order valence-electron chi connectivity index (χ3n) is 8.27. The summed E-state index contributed by atoms with van der Waals surface area (Å²) in [6, 6.07) is 0. The van der Waals surface area contributed by atoms with E-state index >= 15 is 0 Å². The van der Waals surface area contributed by atoms with E-state index < -0.39 is 13.9 Å². The lowest BCUT2D eigenvalue weighted by Crippen LogP contribution is -2.28. The predicted molar refractivity (Wildman–Crippen MR) is 187 cm³/mol. The topological polar surface area (TPSA) is 117 Å². The molecule has 0 amide bonds. The first-order valence-corrected chi connectivity index (χ1v) is 20.5. The van der Waals surface area contributed by atoms with Crippen LogP contribution < -0.4 is 5.73 Å². The van der Waals surface area contributed by atoms with Crippen molar-refractivity contribution in [2.75, 3.05) is 33.0 Å². The van der Waals surface area contributed by atoms with Crippen LogP contribution in [-0.4, -0.2) is 49.9 Å². The first kappa shape index (κ1) is 44.5. The van der Waals surface area contributed by atoms with Crippen molar-refractivity contribution < 1.29 is 32.8 Å². The van der Waals surface area contributed by atoms with Gasteiger partial charge in [0.05, 0.1) is 19.8 Å². The fourth-order valence-electron chi connectivity index (χ4n) is 5.47. The van der Waals surface area contributed by atoms with Crippen molar-refractivity contribution in [2.45, 2.75) is 193 Å². The van der Waals surface area contributed by atoms with E-state index in [0.717, 1.165) is 32.1 Å². The molecule has 3 N–H and O–H groups in total. The minimum Gasteiger partial charge on any atom is -0.457 e. The number of carbonyl (C=O) groups is 1. The van der Waals surface area contributed by atoms with Crippen LogP contribution in [0.3, 0.4) is 0 Å². The summed E-state index contributed by atoms with van der Waals surface area (Å²) in [6.07, 6.45) is 32.7. The van der Waals surface area contributed by atoms with Crippen molar-refractivity contribution in [1.82, 2.24) is 0 Å². The quantitative estimate of drug-likeness (QED) is 0.0383. The largest absolute Gasteiger partial charge is 0.472 e. The van der Waals surface area contributed by atoms with E-state index in [2.05, 4.69) is 13.8 Å². The van der Waals surface area contributed by atoms with Crippen LogP contribution in [0, 0.1) is 0 Å². The predicted octanol–water partition coefficient (Wildman–Crippen LogP) is 10.6. The second-order valence-corrected chi connectivity index (χ2v) is 14.3. The minimum absolute atomic E-state index is 0.0909. The number of unbranched alkanes of at least 4 members (excludes halogenated alkanes) is 24. The van der Waals surface area contributed by atoms with Gasteiger partial charge in [0, 0.05) is 19.6 Å². The van der Waals surface area contributed by atoms with Gasteiger partial charge in [0.1, 0.15) is 6.10 Å². The molecule has 2 atom stereocenters. The number of esters is 1. The summed E-state index contributed by atoms with van der Waals surface area (Å²) in [4.78, 5) is 22.3. The highest BCUT2D eigenvalue weighted by Gasteiger charge is 2.25. The number of carbonyl (C=O) groups excluding carboxylic acids is 1. The average molecular weight is 664 g/mol. The van der Waals surface area contributed by atoms with Gasteiger partial charge in [-0.25, -0.2) is 4.57 Å². The van der Waals surface area contributed by atoms with Crippen molar-refractivity contribution in [3.8, 4) is 0 Å². The fourth-order valence-corrected chi connectivity index (χ4v) is 6.23. The Morgan fingerprint density at radius 1 is 0.578 bits per heavy atom. The molecule has 0 aliphatic carbocycles. The van der Waals surface area contributed by atoms with Gasteiger partial charge < -0.3 is 20.1 Å². The normalized spacial score (nSPS) is 13.6. The summed E-state index contributed by atoms with van der Waals surface area (Å²) in [5.74, 6) is -0.328. The molecule has 0 aromatic rings. The van der Waals surface area contributed by atoms with E-state index in [1.165, 1.54) is 135 Å². The van der Waals surface area contributed by atoms with Crippen LogP contribution in [0.1, 0.15) is 187 Å². The summed E-state index contributed by atoms with van der Waals surface area (Å²) >= 11 is 0. The second kappa shape index (κ2) is 34.8. The lowest BCUT2D eigenvalue weighted by molar-refractivity contribution is -0.154. The monoisotopic (exact) mass is 664 g/mol. The standard InChI is InChI=1S/C36H74NO7P/c1-3-5-7-9-11-12-13-14-15-16-17-18-19-20-21-22-23-25-27-29-36(38)44-35(34-43-45(39,40)42-32-30-37)33-41-31-28-26-24-10-8-6-4-2/h35H,3-34,37H2,1-2H3,(H,39,40). The zero-order valence-corrected chi connectivity index (χ0v) is 30.5. The first-order valence-electron chi connectivity index (χ1n) is 19.0. The molecule has 0 saturated carbocycles. The number of phosphoric acid groups is 1. The van der Waals surface area contributed by atoms with E-state index in [0.29, 0.717) is 13.0 Å². The highest BCUT2D eigenvalue weighted by molar-refractivity contribution is 7.47. The Morgan fingerprint density at radius 2 is 0.978 bits per heavy atom. The van der Waals surface area contributed by atoms with Crippen LogP contribution in [0.4, 0.5) is 0 Å². The van der Waals surface area contributed by atoms with Gasteiger partial charge in [-0.1, -0.05) is 168 Å². The van der Waals surface area contributed by atoms with Gasteiger partial charge in [-0.05, 0) is 12.8 Å². The van der Waals surface area contributed by atoms with Crippen LogP contribution in [0.5, 0.6) is 0 Å². The molecule has 0 rings (SSSR count). The van der Waals surface area contributed by atoms with Crippen molar-refractivity contribution in [2.24, 2.45) is 5.73 Å². The zero-order valence-electron chi connectivity index (χ0n) is 29.6. The Hall–Kier alpha value is -0.500. The molecule has 2 unspecified atom stereocenters. The van der Waals surface area contributed by atoms with Gasteiger partial charge in [-0.3, -0.25) is 13.8 Å². The van der Waals surface area contributed by atoms with Gasteiger partial charge in [-0.15, -0.1) is 0 Å². The molecule has 0 bridgehead atoms. The van der Waals surface area contributed by atoms with Crippen molar-refractivity contribution in [3.05, 3.63) is 0 Å². The number of phosphoric ester groups is 1. The molecule has 0 aromatic heterocycles. The van der Waals surface area contributed by atoms with Crippen molar-refractivity contribution >= 4 is 13.8 Å². The molecule has 0 saturated heterocycles. The Balaban J connectivity index is 3.91. The van der Waals surface area contributed by atoms with E-state index in [-0.39, 0.29) is 32.3 Å². The highest BCUT2D eigenvalue weighted by Crippen LogP contribution is 2.43. The third-order valence-corrected chi connectivity index (χ3v) is 9.26. The second-order valence-electron chi connectivity index (χ2n) is 12.8. The van der Waals surface area contributed by atoms with Crippen LogP contribution >= 0.6 is 7.82 Å². The Bertz CT molecular complexity index is 667. The van der Waals surface area contributed by atoms with Crippen LogP contribution in [0.2, 0.25) is 0 Å². The molecule has 270 valence electrons. The van der Waals surface area contributed by atoms with E-state index in [4.69, 9.17) is 24.3 Å². The lowest BCUT2D eigenvalue weighted by Gasteiger charge is -2.20. The summed E-state index contributed by atoms with van der Waals surface area (Å²) < 4.78 is 33.1. The fraction of sp³-hybridized carbons (Fsp3) is 0.972. The first-order chi connectivity index (χ1) is 21.9. The van der Waals surface area contributed by atoms with E-state index in [1.807, 2.05) is 0 Å². The maximum Gasteiger partial charge on any atom is 0.472 e. The number of hydrogen-bond donors (Lipinski definition) is 2. The van der Waals surface area contributed by atoms with Gasteiger partial charge in [0.2, 0.25) is 0 Å². The molecule has 0 aliphatic rings. The molecule has 9 heteroatoms. The zero-order chi connectivity index (χ0) is 33.1. The molecule has 0 radical (unpaired) electrons. The van der Waals surface area contributed by atoms with E-state index in [9.17, 15) is 14.3 Å². The third kappa shape index (κ3) is 34.6. The molecule has 0 fully saturated rings. The van der Waals surface area contributed by atoms with Crippen molar-refractivity contribution in [3.63, 3.8) is 0 Å². The van der Waals surface area contributed by atoms with Crippen LogP contribution in [0.15, 0.2) is 0 Å². The van der Waals surface area contributed by atoms with E-state index in [1.54, 1.807) is 0 Å². The molecular formula is C36H74NO7P. The van der Waals surface area contributed by atoms with Gasteiger partial charge in [-0.2, -0.15) is 0 Å². The Labute approximate surface area is 278 Å². The van der Waals surface area contributed by atoms with Crippen LogP contribution in [-0.2, 0) is 27.9 Å². The molecule has 45 heavy (non-hydrogen) atoms. The van der Waals surface area contributed by atoms with Gasteiger partial charge in [0.25, 0.3) is 0 Å². The molecule has 0 heterocycles. The summed E-state index contributed by atoms with van der Waals surface area (Å²) in [6.45, 7) is 4.92. The Morgan fingerprint density at radius 3 is 1.40 bits per heavy atom. The van der Waals surface area contributed by atoms with Crippen LogP contribution in [0.25, 0.3) is 0 Å². The summed E-state index contributed by atoms with van der Waals surface area (Å²) in [5.41, 5.74) is 5.34. The van der Waals surface area contributed by atoms with Crippen molar-refractivity contribution in [1.29, 1.82) is 0 Å².